The molecule has 2 N–H and O–H groups in total. The number of rotatable bonds is 5. The van der Waals surface area contributed by atoms with Crippen molar-refractivity contribution < 1.29 is 9.53 Å². The molecule has 1 amide bonds. The van der Waals surface area contributed by atoms with Crippen LogP contribution in [0.5, 0.6) is 5.88 Å². The van der Waals surface area contributed by atoms with Crippen molar-refractivity contribution in [2.24, 2.45) is 10.9 Å². The molecule has 1 unspecified atom stereocenters. The van der Waals surface area contributed by atoms with E-state index in [1.165, 1.54) is 12.8 Å². The van der Waals surface area contributed by atoms with E-state index >= 15 is 0 Å². The van der Waals surface area contributed by atoms with Gasteiger partial charge in [-0.15, -0.1) is 24.0 Å². The predicted molar refractivity (Wildman–Crippen MR) is 116 cm³/mol. The van der Waals surface area contributed by atoms with E-state index in [2.05, 4.69) is 20.6 Å². The average molecular weight is 487 g/mol. The Balaban J connectivity index is 0.00000261. The number of hydrogen-bond donors (Lipinski definition) is 2. The number of carbonyl (C=O) groups excluding carboxylic acids is 1. The minimum atomic E-state index is 0. The highest BCUT2D eigenvalue weighted by Crippen LogP contribution is 2.27. The van der Waals surface area contributed by atoms with Crippen molar-refractivity contribution in [3.05, 3.63) is 23.9 Å². The zero-order chi connectivity index (χ0) is 18.4. The van der Waals surface area contributed by atoms with Crippen LogP contribution in [-0.4, -0.2) is 55.0 Å². The summed E-state index contributed by atoms with van der Waals surface area (Å²) in [6.45, 7) is 2.24. The van der Waals surface area contributed by atoms with E-state index in [4.69, 9.17) is 4.74 Å². The summed E-state index contributed by atoms with van der Waals surface area (Å²) in [6.07, 6.45) is 7.21. The molecular weight excluding hydrogens is 457 g/mol. The molecule has 1 aromatic rings. The van der Waals surface area contributed by atoms with E-state index in [0.717, 1.165) is 43.9 Å². The molecule has 150 valence electrons. The zero-order valence-corrected chi connectivity index (χ0v) is 18.4. The van der Waals surface area contributed by atoms with E-state index in [0.29, 0.717) is 18.3 Å². The zero-order valence-electron chi connectivity index (χ0n) is 16.1. The van der Waals surface area contributed by atoms with Crippen molar-refractivity contribution in [2.45, 2.75) is 44.7 Å². The van der Waals surface area contributed by atoms with E-state index in [-0.39, 0.29) is 35.9 Å². The van der Waals surface area contributed by atoms with Gasteiger partial charge in [0, 0.05) is 50.9 Å². The van der Waals surface area contributed by atoms with Gasteiger partial charge in [-0.2, -0.15) is 0 Å². The van der Waals surface area contributed by atoms with Gasteiger partial charge in [0.2, 0.25) is 11.8 Å². The second kappa shape index (κ2) is 10.7. The van der Waals surface area contributed by atoms with Crippen LogP contribution < -0.4 is 15.4 Å². The van der Waals surface area contributed by atoms with Crippen LogP contribution in [0.4, 0.5) is 0 Å². The molecule has 1 aliphatic carbocycles. The van der Waals surface area contributed by atoms with Crippen molar-refractivity contribution in [1.82, 2.24) is 20.5 Å². The molecule has 1 atom stereocenters. The van der Waals surface area contributed by atoms with Gasteiger partial charge in [0.1, 0.15) is 0 Å². The molecule has 1 saturated heterocycles. The first-order valence-electron chi connectivity index (χ1n) is 9.44. The van der Waals surface area contributed by atoms with Crippen molar-refractivity contribution >= 4 is 35.8 Å². The van der Waals surface area contributed by atoms with Crippen molar-refractivity contribution in [1.29, 1.82) is 0 Å². The van der Waals surface area contributed by atoms with Crippen LogP contribution in [0.1, 0.15) is 37.7 Å². The quantitative estimate of drug-likeness (QED) is 0.378. The van der Waals surface area contributed by atoms with E-state index in [1.54, 1.807) is 20.4 Å². The average Bonchev–Trinajstić information content (AvgIpc) is 3.36. The molecular formula is C19H30IN5O2. The third-order valence-corrected chi connectivity index (χ3v) is 5.24. The topological polar surface area (TPSA) is 78.9 Å². The smallest absolute Gasteiger partial charge is 0.225 e. The van der Waals surface area contributed by atoms with Crippen molar-refractivity contribution in [3.8, 4) is 5.88 Å². The number of ether oxygens (including phenoxy) is 1. The Morgan fingerprint density at radius 2 is 2.15 bits per heavy atom. The number of nitrogens with zero attached hydrogens (tertiary/aromatic N) is 3. The van der Waals surface area contributed by atoms with Crippen LogP contribution in [0.3, 0.4) is 0 Å². The molecule has 1 saturated carbocycles. The Kier molecular flexibility index (Phi) is 8.59. The van der Waals surface area contributed by atoms with Crippen molar-refractivity contribution in [2.75, 3.05) is 27.2 Å². The first kappa shape index (κ1) is 21.7. The molecule has 2 heterocycles. The number of likely N-dealkylation sites (tertiary alicyclic amines) is 1. The third-order valence-electron chi connectivity index (χ3n) is 5.24. The fraction of sp³-hybridized carbons (Fsp3) is 0.632. The highest BCUT2D eigenvalue weighted by atomic mass is 127. The monoisotopic (exact) mass is 487 g/mol. The number of guanidine groups is 1. The summed E-state index contributed by atoms with van der Waals surface area (Å²) >= 11 is 0. The van der Waals surface area contributed by atoms with Gasteiger partial charge in [0.15, 0.2) is 5.96 Å². The summed E-state index contributed by atoms with van der Waals surface area (Å²) in [6, 6.07) is 4.09. The molecule has 1 aliphatic heterocycles. The molecule has 0 aromatic carbocycles. The summed E-state index contributed by atoms with van der Waals surface area (Å²) in [5.41, 5.74) is 1.07. The highest BCUT2D eigenvalue weighted by molar-refractivity contribution is 14.0. The first-order valence-corrected chi connectivity index (χ1v) is 9.44. The number of amides is 1. The lowest BCUT2D eigenvalue weighted by molar-refractivity contribution is -0.134. The summed E-state index contributed by atoms with van der Waals surface area (Å²) in [7, 11) is 3.37. The molecule has 8 heteroatoms. The predicted octanol–water partition coefficient (Wildman–Crippen LogP) is 2.16. The lowest BCUT2D eigenvalue weighted by atomic mass is 10.1. The van der Waals surface area contributed by atoms with Crippen LogP contribution in [0.25, 0.3) is 0 Å². The fourth-order valence-electron chi connectivity index (χ4n) is 3.76. The van der Waals surface area contributed by atoms with Gasteiger partial charge in [-0.1, -0.05) is 12.8 Å². The maximum absolute atomic E-state index is 12.6. The van der Waals surface area contributed by atoms with Gasteiger partial charge in [-0.25, -0.2) is 4.98 Å². The number of halogens is 1. The Morgan fingerprint density at radius 1 is 1.37 bits per heavy atom. The van der Waals surface area contributed by atoms with Crippen LogP contribution in [0.2, 0.25) is 0 Å². The first-order chi connectivity index (χ1) is 12.7. The molecule has 2 aliphatic rings. The fourth-order valence-corrected chi connectivity index (χ4v) is 3.76. The Hall–Kier alpha value is -1.58. The van der Waals surface area contributed by atoms with Gasteiger partial charge in [0.25, 0.3) is 0 Å². The number of aromatic nitrogens is 1. The van der Waals surface area contributed by atoms with Gasteiger partial charge >= 0.3 is 0 Å². The van der Waals surface area contributed by atoms with Crippen molar-refractivity contribution in [3.63, 3.8) is 0 Å². The number of nitrogens with one attached hydrogen (secondary N) is 2. The summed E-state index contributed by atoms with van der Waals surface area (Å²) in [5.74, 6) is 1.96. The summed E-state index contributed by atoms with van der Waals surface area (Å²) in [4.78, 5) is 23.0. The molecule has 2 fully saturated rings. The number of carbonyl (C=O) groups is 1. The largest absolute Gasteiger partial charge is 0.481 e. The molecule has 0 radical (unpaired) electrons. The van der Waals surface area contributed by atoms with Crippen LogP contribution in [-0.2, 0) is 11.3 Å². The SMILES string of the molecule is CN=C(NCc1ccnc(OC)c1)NC1CCN(C(=O)C2CCCC2)C1.I. The molecule has 1 aromatic heterocycles. The maximum Gasteiger partial charge on any atom is 0.225 e. The summed E-state index contributed by atoms with van der Waals surface area (Å²) < 4.78 is 5.15. The number of pyridine rings is 1. The van der Waals surface area contributed by atoms with Gasteiger partial charge in [0.05, 0.1) is 7.11 Å². The van der Waals surface area contributed by atoms with Crippen LogP contribution >= 0.6 is 24.0 Å². The normalized spacial score (nSPS) is 20.3. The second-order valence-corrected chi connectivity index (χ2v) is 7.03. The van der Waals surface area contributed by atoms with E-state index in [9.17, 15) is 4.79 Å². The Morgan fingerprint density at radius 3 is 2.85 bits per heavy atom. The van der Waals surface area contributed by atoms with E-state index < -0.39 is 0 Å². The van der Waals surface area contributed by atoms with Gasteiger partial charge < -0.3 is 20.3 Å². The standard InChI is InChI=1S/C19H29N5O2.HI/c1-20-19(22-12-14-7-9-21-17(11-14)26-2)23-16-8-10-24(13-16)18(25)15-5-3-4-6-15;/h7,9,11,15-16H,3-6,8,10,12-13H2,1-2H3,(H2,20,22,23);1H. The molecule has 27 heavy (non-hydrogen) atoms. The van der Waals surface area contributed by atoms with Gasteiger partial charge in [-0.3, -0.25) is 9.79 Å². The van der Waals surface area contributed by atoms with Crippen LogP contribution in [0.15, 0.2) is 23.3 Å². The Labute approximate surface area is 178 Å². The lowest BCUT2D eigenvalue weighted by Gasteiger charge is -2.21. The number of hydrogen-bond acceptors (Lipinski definition) is 4. The Bertz CT molecular complexity index is 649. The molecule has 0 bridgehead atoms. The molecule has 7 nitrogen and oxygen atoms in total. The lowest BCUT2D eigenvalue weighted by Crippen LogP contribution is -2.45. The molecule has 0 spiro atoms. The second-order valence-electron chi connectivity index (χ2n) is 7.03. The summed E-state index contributed by atoms with van der Waals surface area (Å²) in [5, 5.41) is 6.75. The maximum atomic E-state index is 12.6. The number of methoxy groups -OCH3 is 1. The van der Waals surface area contributed by atoms with E-state index in [1.807, 2.05) is 17.0 Å². The highest BCUT2D eigenvalue weighted by Gasteiger charge is 2.32. The van der Waals surface area contributed by atoms with Crippen LogP contribution in [0, 0.1) is 5.92 Å². The van der Waals surface area contributed by atoms with Gasteiger partial charge in [-0.05, 0) is 30.9 Å². The minimum absolute atomic E-state index is 0. The third kappa shape index (κ3) is 5.95. The molecule has 3 rings (SSSR count). The number of aliphatic imine (C=N–C) groups is 1. The minimum Gasteiger partial charge on any atom is -0.481 e.